The molecule has 0 aliphatic rings. The molecular formula is C38H51IN2O6. The first kappa shape index (κ1) is 41.3. The Balaban J connectivity index is 0.00000208. The van der Waals surface area contributed by atoms with E-state index in [2.05, 4.69) is 25.8 Å². The number of allylic oxidation sites excluding steroid dienone is 3. The van der Waals surface area contributed by atoms with E-state index in [1.165, 1.54) is 7.11 Å². The van der Waals surface area contributed by atoms with Gasteiger partial charge in [0, 0.05) is 43.7 Å². The minimum atomic E-state index is -0.327. The molecule has 0 unspecified atom stereocenters. The van der Waals surface area contributed by atoms with Gasteiger partial charge in [-0.2, -0.15) is 0 Å². The molecule has 1 N–H and O–H groups in total. The molecular weight excluding hydrogens is 707 g/mol. The molecule has 256 valence electrons. The molecule has 0 spiro atoms. The van der Waals surface area contributed by atoms with E-state index in [0.29, 0.717) is 31.7 Å². The molecule has 47 heavy (non-hydrogen) atoms. The van der Waals surface area contributed by atoms with Gasteiger partial charge in [-0.1, -0.05) is 74.6 Å². The lowest BCUT2D eigenvalue weighted by Crippen LogP contribution is -2.10. The summed E-state index contributed by atoms with van der Waals surface area (Å²) in [5, 5.41) is 4.04. The third-order valence-electron chi connectivity index (χ3n) is 7.22. The summed E-state index contributed by atoms with van der Waals surface area (Å²) in [4.78, 5) is 24.4. The lowest BCUT2D eigenvalue weighted by Gasteiger charge is -2.10. The Bertz CT molecular complexity index is 1380. The number of aromatic nitrogens is 1. The van der Waals surface area contributed by atoms with Gasteiger partial charge in [-0.05, 0) is 62.1 Å². The number of terminal acetylenes is 1. The summed E-state index contributed by atoms with van der Waals surface area (Å²) >= 11 is 1.79. The first-order valence-electron chi connectivity index (χ1n) is 16.0. The van der Waals surface area contributed by atoms with Crippen LogP contribution in [0.3, 0.4) is 0 Å². The molecule has 0 atom stereocenters. The molecule has 0 aliphatic carbocycles. The predicted molar refractivity (Wildman–Crippen MR) is 199 cm³/mol. The van der Waals surface area contributed by atoms with Crippen molar-refractivity contribution in [2.45, 2.75) is 77.9 Å². The van der Waals surface area contributed by atoms with Crippen molar-refractivity contribution in [1.82, 2.24) is 9.88 Å². The Morgan fingerprint density at radius 2 is 1.60 bits per heavy atom. The molecule has 0 saturated heterocycles. The van der Waals surface area contributed by atoms with Gasteiger partial charge in [0.1, 0.15) is 41.1 Å². The molecule has 0 aliphatic heterocycles. The first-order valence-corrected chi connectivity index (χ1v) is 16.9. The lowest BCUT2D eigenvalue weighted by molar-refractivity contribution is -0.143. The van der Waals surface area contributed by atoms with Crippen molar-refractivity contribution in [3.8, 4) is 18.6 Å². The summed E-state index contributed by atoms with van der Waals surface area (Å²) in [5.74, 6) is 0.313. The van der Waals surface area contributed by atoms with Gasteiger partial charge in [0.25, 0.3) is 0 Å². The second-order valence-electron chi connectivity index (χ2n) is 10.5. The number of fused-ring (bicyclic) bond motifs is 1. The average molecular weight is 759 g/mol. The maximum absolute atomic E-state index is 12.5. The zero-order chi connectivity index (χ0) is 34.7. The van der Waals surface area contributed by atoms with Crippen molar-refractivity contribution >= 4 is 45.8 Å². The fraction of sp³-hybridized carbons (Fsp3) is 0.421. The maximum atomic E-state index is 12.5. The van der Waals surface area contributed by atoms with Gasteiger partial charge in [-0.15, -0.1) is 12.8 Å². The number of halogens is 1. The third kappa shape index (κ3) is 16.6. The normalized spacial score (nSPS) is 10.8. The smallest absolute Gasteiger partial charge is 0.354 e. The van der Waals surface area contributed by atoms with E-state index in [4.69, 9.17) is 14.2 Å². The summed E-state index contributed by atoms with van der Waals surface area (Å²) in [6.07, 6.45) is 22.5. The van der Waals surface area contributed by atoms with Crippen LogP contribution in [-0.4, -0.2) is 44.4 Å². The van der Waals surface area contributed by atoms with Crippen LogP contribution in [0.15, 0.2) is 78.5 Å². The molecule has 1 heterocycles. The van der Waals surface area contributed by atoms with Crippen LogP contribution in [0.25, 0.3) is 10.9 Å². The number of hydrogen-bond donors (Lipinski definition) is 1. The average Bonchev–Trinajstić information content (AvgIpc) is 3.47. The van der Waals surface area contributed by atoms with E-state index < -0.39 is 0 Å². The van der Waals surface area contributed by atoms with Crippen molar-refractivity contribution in [3.63, 3.8) is 0 Å². The number of nitrogens with one attached hydrogen (secondary N) is 1. The summed E-state index contributed by atoms with van der Waals surface area (Å²) in [6.45, 7) is 3.72. The Hall–Kier alpha value is -3.75. The Morgan fingerprint density at radius 3 is 2.23 bits per heavy atom. The number of esters is 2. The minimum absolute atomic E-state index is 0.133. The van der Waals surface area contributed by atoms with Gasteiger partial charge in [0.2, 0.25) is 0 Å². The van der Waals surface area contributed by atoms with Crippen LogP contribution in [0, 0.1) is 12.8 Å². The molecule has 0 amide bonds. The lowest BCUT2D eigenvalue weighted by atomic mass is 10.1. The van der Waals surface area contributed by atoms with Gasteiger partial charge in [-0.3, -0.25) is 4.79 Å². The summed E-state index contributed by atoms with van der Waals surface area (Å²) in [5.41, 5.74) is 3.72. The van der Waals surface area contributed by atoms with E-state index in [-0.39, 0.29) is 11.9 Å². The van der Waals surface area contributed by atoms with Gasteiger partial charge in [0.05, 0.1) is 13.7 Å². The second kappa shape index (κ2) is 26.3. The highest BCUT2D eigenvalue weighted by molar-refractivity contribution is 14.1. The molecule has 9 heteroatoms. The summed E-state index contributed by atoms with van der Waals surface area (Å²) in [6, 6.07) is 17.9. The van der Waals surface area contributed by atoms with E-state index >= 15 is 0 Å². The van der Waals surface area contributed by atoms with Crippen molar-refractivity contribution in [1.29, 1.82) is 0 Å². The third-order valence-corrected chi connectivity index (χ3v) is 7.22. The summed E-state index contributed by atoms with van der Waals surface area (Å²) in [7, 11) is 4.91. The van der Waals surface area contributed by atoms with Crippen LogP contribution in [-0.2, 0) is 30.5 Å². The van der Waals surface area contributed by atoms with Gasteiger partial charge >= 0.3 is 11.9 Å². The number of nitrogens with zero attached hydrogens (tertiary/aromatic N) is 1. The van der Waals surface area contributed by atoms with Crippen LogP contribution in [0.2, 0.25) is 0 Å². The molecule has 8 nitrogen and oxygen atoms in total. The van der Waals surface area contributed by atoms with E-state index in [1.807, 2.05) is 86.8 Å². The van der Waals surface area contributed by atoms with Gasteiger partial charge in [0.15, 0.2) is 0 Å². The standard InChI is InChI=1S/C35H46N2O5.C2H2.CH3IO/c1-4-30(36-2)19-13-14-20-34(38)41-24-16-9-7-5-6-8-15-23-37-32-22-21-31(42-27-28-17-11-10-12-18-28)25-29(32)26-33(37)35(39)40-3;1-2;1-3-2/h4,10-13,17-19,21-22,25-26,36H,5-9,14-16,20,23-24,27H2,1-3H3;1-2H;1H3/b19-13-,30-4+;;. The Labute approximate surface area is 295 Å². The second-order valence-corrected chi connectivity index (χ2v) is 11.3. The number of ether oxygens (including phenoxy) is 3. The highest BCUT2D eigenvalue weighted by Gasteiger charge is 2.16. The largest absolute Gasteiger partial charge is 0.489 e. The molecule has 3 aromatic rings. The van der Waals surface area contributed by atoms with Gasteiger partial charge in [-0.25, -0.2) is 4.79 Å². The zero-order valence-electron chi connectivity index (χ0n) is 28.3. The van der Waals surface area contributed by atoms with Crippen LogP contribution in [0.1, 0.15) is 80.8 Å². The predicted octanol–water partition coefficient (Wildman–Crippen LogP) is 8.97. The number of unbranched alkanes of at least 4 members (excludes halogenated alkanes) is 6. The van der Waals surface area contributed by atoms with Crippen molar-refractivity contribution < 1.29 is 26.9 Å². The van der Waals surface area contributed by atoms with Crippen LogP contribution < -0.4 is 10.1 Å². The molecule has 0 bridgehead atoms. The number of methoxy groups -OCH3 is 1. The highest BCUT2D eigenvalue weighted by atomic mass is 127. The number of carbonyl (C=O) groups excluding carboxylic acids is 2. The number of aryl methyl sites for hydroxylation is 1. The zero-order valence-corrected chi connectivity index (χ0v) is 30.5. The SMILES string of the molecule is C#C.C/C=C(\C=C/CCC(=O)OCCCCCCCCCn1c(C(=O)OC)cc2cc(OCc3ccccc3)ccc21)NC.COI. The van der Waals surface area contributed by atoms with Crippen molar-refractivity contribution in [2.24, 2.45) is 0 Å². The number of likely N-dealkylation sites (N-methyl/N-ethyl adjacent to an activating group) is 1. The van der Waals surface area contributed by atoms with Gasteiger partial charge < -0.3 is 27.2 Å². The fourth-order valence-corrected chi connectivity index (χ4v) is 4.84. The van der Waals surface area contributed by atoms with E-state index in [0.717, 1.165) is 79.4 Å². The Morgan fingerprint density at radius 1 is 0.936 bits per heavy atom. The number of benzene rings is 2. The first-order chi connectivity index (χ1) is 23.0. The van der Waals surface area contributed by atoms with Crippen LogP contribution >= 0.6 is 23.0 Å². The fourth-order valence-electron chi connectivity index (χ4n) is 4.84. The molecule has 1 aromatic heterocycles. The minimum Gasteiger partial charge on any atom is -0.489 e. The van der Waals surface area contributed by atoms with Crippen LogP contribution in [0.4, 0.5) is 0 Å². The molecule has 0 fully saturated rings. The molecule has 0 saturated carbocycles. The molecule has 3 rings (SSSR count). The van der Waals surface area contributed by atoms with Crippen molar-refractivity contribution in [2.75, 3.05) is 27.9 Å². The summed E-state index contributed by atoms with van der Waals surface area (Å²) < 4.78 is 22.7. The molecule has 2 aromatic carbocycles. The quantitative estimate of drug-likeness (QED) is 0.0430. The number of rotatable bonds is 19. The maximum Gasteiger partial charge on any atom is 0.354 e. The van der Waals surface area contributed by atoms with E-state index in [9.17, 15) is 9.59 Å². The number of carbonyl (C=O) groups is 2. The topological polar surface area (TPSA) is 88.0 Å². The van der Waals surface area contributed by atoms with Crippen molar-refractivity contribution in [3.05, 3.63) is 89.8 Å². The highest BCUT2D eigenvalue weighted by Crippen LogP contribution is 2.26. The van der Waals surface area contributed by atoms with E-state index in [1.54, 1.807) is 30.1 Å². The monoisotopic (exact) mass is 758 g/mol. The number of hydrogen-bond acceptors (Lipinski definition) is 7. The molecule has 0 radical (unpaired) electrons. The van der Waals surface area contributed by atoms with Crippen LogP contribution in [0.5, 0.6) is 5.75 Å². The Kier molecular flexibility index (Phi) is 23.1.